The molecule has 0 bridgehead atoms. The molecule has 4 heteroatoms. The van der Waals surface area contributed by atoms with E-state index in [1.165, 1.54) is 5.69 Å². The van der Waals surface area contributed by atoms with Crippen LogP contribution in [0.5, 0.6) is 0 Å². The molecular weight excluding hydrogens is 260 g/mol. The molecule has 2 N–H and O–H groups in total. The predicted octanol–water partition coefficient (Wildman–Crippen LogP) is 2.86. The summed E-state index contributed by atoms with van der Waals surface area (Å²) in [5.41, 5.74) is 1.23. The summed E-state index contributed by atoms with van der Waals surface area (Å²) in [7, 11) is 2.11. The van der Waals surface area contributed by atoms with Crippen LogP contribution >= 0.6 is 0 Å². The van der Waals surface area contributed by atoms with Crippen LogP contribution in [0.1, 0.15) is 34.6 Å². The zero-order valence-electron chi connectivity index (χ0n) is 14.3. The van der Waals surface area contributed by atoms with E-state index in [1.807, 2.05) is 6.07 Å². The van der Waals surface area contributed by atoms with Crippen molar-refractivity contribution < 1.29 is 0 Å². The predicted molar refractivity (Wildman–Crippen MR) is 93.2 cm³/mol. The van der Waals surface area contributed by atoms with Crippen LogP contribution < -0.4 is 15.5 Å². The maximum absolute atomic E-state index is 4.70. The topological polar surface area (TPSA) is 39.7 Å². The van der Waals surface area contributed by atoms with Gasteiger partial charge >= 0.3 is 0 Å². The van der Waals surface area contributed by atoms with Gasteiger partial charge in [0, 0.05) is 30.9 Å². The Balaban J connectivity index is 2.66. The molecule has 0 fully saturated rings. The lowest BCUT2D eigenvalue weighted by Gasteiger charge is -2.27. The second-order valence-corrected chi connectivity index (χ2v) is 6.39. The fraction of sp³-hybridized carbons (Fsp3) is 0.588. The number of hydrogen-bond donors (Lipinski definition) is 2. The van der Waals surface area contributed by atoms with Crippen molar-refractivity contribution in [2.24, 2.45) is 4.99 Å². The highest BCUT2D eigenvalue weighted by Gasteiger charge is 2.13. The molecule has 118 valence electrons. The number of benzene rings is 1. The third-order valence-corrected chi connectivity index (χ3v) is 3.18. The van der Waals surface area contributed by atoms with Crippen LogP contribution in [0.4, 0.5) is 5.69 Å². The first kappa shape index (κ1) is 17.3. The maximum Gasteiger partial charge on any atom is 0.191 e. The van der Waals surface area contributed by atoms with Crippen LogP contribution in [-0.4, -0.2) is 37.7 Å². The first-order chi connectivity index (χ1) is 9.83. The second-order valence-electron chi connectivity index (χ2n) is 6.39. The molecule has 1 unspecified atom stereocenters. The van der Waals surface area contributed by atoms with Crippen molar-refractivity contribution in [3.8, 4) is 0 Å². The Hall–Kier alpha value is -1.71. The number of aliphatic imine (C=N–C) groups is 1. The van der Waals surface area contributed by atoms with Crippen LogP contribution in [-0.2, 0) is 0 Å². The van der Waals surface area contributed by atoms with Gasteiger partial charge in [-0.1, -0.05) is 18.2 Å². The van der Waals surface area contributed by atoms with Crippen molar-refractivity contribution in [3.05, 3.63) is 30.3 Å². The van der Waals surface area contributed by atoms with E-state index in [1.54, 1.807) is 0 Å². The fourth-order valence-corrected chi connectivity index (χ4v) is 1.93. The van der Waals surface area contributed by atoms with E-state index in [2.05, 4.69) is 81.5 Å². The van der Waals surface area contributed by atoms with Gasteiger partial charge in [-0.3, -0.25) is 4.99 Å². The van der Waals surface area contributed by atoms with Gasteiger partial charge in [-0.15, -0.1) is 0 Å². The van der Waals surface area contributed by atoms with Gasteiger partial charge in [-0.05, 0) is 46.8 Å². The summed E-state index contributed by atoms with van der Waals surface area (Å²) in [4.78, 5) is 6.95. The molecular formula is C17H30N4. The molecule has 1 atom stereocenters. The van der Waals surface area contributed by atoms with Crippen LogP contribution in [0.2, 0.25) is 0 Å². The summed E-state index contributed by atoms with van der Waals surface area (Å²) >= 11 is 0. The minimum absolute atomic E-state index is 0.00950. The van der Waals surface area contributed by atoms with E-state index >= 15 is 0 Å². The monoisotopic (exact) mass is 290 g/mol. The van der Waals surface area contributed by atoms with E-state index in [0.29, 0.717) is 6.04 Å². The molecule has 1 rings (SSSR count). The Kier molecular flexibility index (Phi) is 6.53. The zero-order chi connectivity index (χ0) is 15.9. The van der Waals surface area contributed by atoms with Gasteiger partial charge in [0.05, 0.1) is 6.54 Å². The van der Waals surface area contributed by atoms with Gasteiger partial charge < -0.3 is 15.5 Å². The Morgan fingerprint density at radius 3 is 2.38 bits per heavy atom. The summed E-state index contributed by atoms with van der Waals surface area (Å²) in [6.07, 6.45) is 0. The molecule has 0 aromatic heterocycles. The molecule has 0 heterocycles. The Labute approximate surface area is 129 Å². The molecule has 0 radical (unpaired) electrons. The number of rotatable bonds is 5. The number of hydrogen-bond acceptors (Lipinski definition) is 2. The molecule has 1 aromatic carbocycles. The zero-order valence-corrected chi connectivity index (χ0v) is 14.3. The number of anilines is 1. The van der Waals surface area contributed by atoms with Gasteiger partial charge in [-0.2, -0.15) is 0 Å². The highest BCUT2D eigenvalue weighted by atomic mass is 15.2. The van der Waals surface area contributed by atoms with Crippen LogP contribution in [0.25, 0.3) is 0 Å². The minimum Gasteiger partial charge on any atom is -0.370 e. The lowest BCUT2D eigenvalue weighted by molar-refractivity contribution is 0.500. The van der Waals surface area contributed by atoms with Gasteiger partial charge in [0.1, 0.15) is 0 Å². The molecule has 21 heavy (non-hydrogen) atoms. The molecule has 0 amide bonds. The highest BCUT2D eigenvalue weighted by molar-refractivity contribution is 5.80. The fourth-order valence-electron chi connectivity index (χ4n) is 1.93. The summed E-state index contributed by atoms with van der Waals surface area (Å²) in [6, 6.07) is 10.7. The molecule has 0 aliphatic rings. The normalized spacial score (nSPS) is 13.7. The van der Waals surface area contributed by atoms with Crippen molar-refractivity contribution in [1.82, 2.24) is 10.6 Å². The molecule has 1 aromatic rings. The molecule has 0 saturated heterocycles. The number of likely N-dealkylation sites (N-methyl/N-ethyl adjacent to an activating group) is 1. The van der Waals surface area contributed by atoms with E-state index < -0.39 is 0 Å². The molecule has 0 saturated carbocycles. The van der Waals surface area contributed by atoms with Crippen molar-refractivity contribution in [2.75, 3.05) is 25.0 Å². The Bertz CT molecular complexity index is 434. The van der Waals surface area contributed by atoms with E-state index in [0.717, 1.165) is 19.0 Å². The molecule has 0 aliphatic heterocycles. The number of nitrogens with zero attached hydrogens (tertiary/aromatic N) is 2. The van der Waals surface area contributed by atoms with Crippen LogP contribution in [0.3, 0.4) is 0 Å². The summed E-state index contributed by atoms with van der Waals surface area (Å²) in [5.74, 6) is 0.873. The van der Waals surface area contributed by atoms with Crippen molar-refractivity contribution >= 4 is 11.6 Å². The third kappa shape index (κ3) is 6.52. The average molecular weight is 290 g/mol. The Morgan fingerprint density at radius 2 is 1.86 bits per heavy atom. The third-order valence-electron chi connectivity index (χ3n) is 3.18. The number of guanidine groups is 1. The smallest absolute Gasteiger partial charge is 0.191 e. The average Bonchev–Trinajstić information content (AvgIpc) is 2.43. The van der Waals surface area contributed by atoms with Crippen molar-refractivity contribution in [1.29, 1.82) is 0 Å². The summed E-state index contributed by atoms with van der Waals surface area (Å²) in [5, 5.41) is 6.71. The Morgan fingerprint density at radius 1 is 1.24 bits per heavy atom. The lowest BCUT2D eigenvalue weighted by atomic mass is 10.1. The lowest BCUT2D eigenvalue weighted by Crippen LogP contribution is -2.48. The summed E-state index contributed by atoms with van der Waals surface area (Å²) < 4.78 is 0. The number of nitrogens with one attached hydrogen (secondary N) is 2. The summed E-state index contributed by atoms with van der Waals surface area (Å²) in [6.45, 7) is 12.3. The van der Waals surface area contributed by atoms with E-state index in [9.17, 15) is 0 Å². The van der Waals surface area contributed by atoms with Crippen molar-refractivity contribution in [2.45, 2.75) is 46.2 Å². The molecule has 0 spiro atoms. The van der Waals surface area contributed by atoms with Gasteiger partial charge in [0.25, 0.3) is 0 Å². The molecule has 0 aliphatic carbocycles. The molecule has 4 nitrogen and oxygen atoms in total. The maximum atomic E-state index is 4.70. The first-order valence-corrected chi connectivity index (χ1v) is 7.68. The first-order valence-electron chi connectivity index (χ1n) is 7.68. The van der Waals surface area contributed by atoms with Gasteiger partial charge in [0.2, 0.25) is 0 Å². The second kappa shape index (κ2) is 7.91. The number of para-hydroxylation sites is 1. The quantitative estimate of drug-likeness (QED) is 0.647. The standard InChI is InChI=1S/C17H30N4/c1-7-18-16(20-17(3,4)5)19-13-14(2)21(6)15-11-9-8-10-12-15/h8-12,14H,7,13H2,1-6H3,(H2,18,19,20). The largest absolute Gasteiger partial charge is 0.370 e. The van der Waals surface area contributed by atoms with Crippen LogP contribution in [0.15, 0.2) is 35.3 Å². The SMILES string of the molecule is CCNC(=NCC(C)N(C)c1ccccc1)NC(C)(C)C. The van der Waals surface area contributed by atoms with Gasteiger partial charge in [0.15, 0.2) is 5.96 Å². The van der Waals surface area contributed by atoms with Crippen LogP contribution in [0, 0.1) is 0 Å². The highest BCUT2D eigenvalue weighted by Crippen LogP contribution is 2.14. The minimum atomic E-state index is 0.00950. The van der Waals surface area contributed by atoms with Crippen molar-refractivity contribution in [3.63, 3.8) is 0 Å². The van der Waals surface area contributed by atoms with E-state index in [4.69, 9.17) is 4.99 Å². The van der Waals surface area contributed by atoms with E-state index in [-0.39, 0.29) is 5.54 Å². The van der Waals surface area contributed by atoms with Gasteiger partial charge in [-0.25, -0.2) is 0 Å².